The molecule has 1 aliphatic heterocycles. The summed E-state index contributed by atoms with van der Waals surface area (Å²) >= 11 is 0. The molecule has 0 bridgehead atoms. The molecule has 4 heteroatoms. The number of hydrogen-bond acceptors (Lipinski definition) is 3. The van der Waals surface area contributed by atoms with E-state index in [2.05, 4.69) is 10.3 Å². The number of rotatable bonds is 0. The second-order valence-electron chi connectivity index (χ2n) is 2.90. The molecule has 0 saturated carbocycles. The monoisotopic (exact) mass is 166 g/mol. The Morgan fingerprint density at radius 1 is 1.50 bits per heavy atom. The van der Waals surface area contributed by atoms with Crippen molar-refractivity contribution in [2.24, 2.45) is 0 Å². The van der Waals surface area contributed by atoms with Crippen LogP contribution < -0.4 is 10.9 Å². The Balaban J connectivity index is 2.60. The minimum Gasteiger partial charge on any atom is -0.507 e. The minimum absolute atomic E-state index is 0.0981. The minimum atomic E-state index is -0.229. The normalized spacial score (nSPS) is 15.7. The van der Waals surface area contributed by atoms with Crippen molar-refractivity contribution in [2.75, 3.05) is 6.54 Å². The van der Waals surface area contributed by atoms with Crippen LogP contribution in [-0.2, 0) is 13.0 Å². The second-order valence-corrected chi connectivity index (χ2v) is 2.90. The van der Waals surface area contributed by atoms with Crippen molar-refractivity contribution in [3.8, 4) is 5.75 Å². The number of aromatic hydroxyl groups is 1. The van der Waals surface area contributed by atoms with Gasteiger partial charge in [-0.2, -0.15) is 0 Å². The highest BCUT2D eigenvalue weighted by Crippen LogP contribution is 2.19. The standard InChI is InChI=1S/C8H10N2O2/c11-7-3-8(12)10-6-1-2-9-4-5(6)7/h3,9H,1-2,4H2,(H2,10,11,12). The zero-order chi connectivity index (χ0) is 8.55. The van der Waals surface area contributed by atoms with Gasteiger partial charge in [-0.15, -0.1) is 0 Å². The lowest BCUT2D eigenvalue weighted by atomic mass is 10.1. The van der Waals surface area contributed by atoms with E-state index in [4.69, 9.17) is 0 Å². The van der Waals surface area contributed by atoms with Gasteiger partial charge >= 0.3 is 0 Å². The summed E-state index contributed by atoms with van der Waals surface area (Å²) in [5.41, 5.74) is 1.45. The second kappa shape index (κ2) is 2.64. The fourth-order valence-electron chi connectivity index (χ4n) is 1.46. The summed E-state index contributed by atoms with van der Waals surface area (Å²) in [7, 11) is 0. The van der Waals surface area contributed by atoms with E-state index >= 15 is 0 Å². The van der Waals surface area contributed by atoms with Crippen LogP contribution in [-0.4, -0.2) is 16.6 Å². The summed E-state index contributed by atoms with van der Waals surface area (Å²) in [6.07, 6.45) is 0.777. The first-order valence-corrected chi connectivity index (χ1v) is 3.92. The molecular formula is C8H10N2O2. The van der Waals surface area contributed by atoms with Gasteiger partial charge in [0.2, 0.25) is 0 Å². The molecule has 64 valence electrons. The smallest absolute Gasteiger partial charge is 0.251 e. The predicted octanol–water partition coefficient (Wildman–Crippen LogP) is -0.274. The number of fused-ring (bicyclic) bond motifs is 1. The topological polar surface area (TPSA) is 65.1 Å². The zero-order valence-electron chi connectivity index (χ0n) is 6.55. The van der Waals surface area contributed by atoms with Gasteiger partial charge in [0.15, 0.2) is 0 Å². The van der Waals surface area contributed by atoms with Crippen LogP contribution in [0.1, 0.15) is 11.3 Å². The molecule has 3 N–H and O–H groups in total. The van der Waals surface area contributed by atoms with Crippen molar-refractivity contribution in [3.63, 3.8) is 0 Å². The Morgan fingerprint density at radius 2 is 2.33 bits per heavy atom. The first-order chi connectivity index (χ1) is 5.77. The maximum atomic E-state index is 10.9. The first-order valence-electron chi connectivity index (χ1n) is 3.92. The van der Waals surface area contributed by atoms with Crippen LogP contribution in [0.15, 0.2) is 10.9 Å². The van der Waals surface area contributed by atoms with Crippen molar-refractivity contribution in [2.45, 2.75) is 13.0 Å². The van der Waals surface area contributed by atoms with Crippen molar-refractivity contribution in [3.05, 3.63) is 27.7 Å². The van der Waals surface area contributed by atoms with Crippen LogP contribution in [0.5, 0.6) is 5.75 Å². The summed E-state index contributed by atoms with van der Waals surface area (Å²) in [5.74, 6) is 0.0981. The molecule has 4 nitrogen and oxygen atoms in total. The van der Waals surface area contributed by atoms with Gasteiger partial charge < -0.3 is 15.4 Å². The summed E-state index contributed by atoms with van der Waals surface area (Å²) in [6, 6.07) is 1.21. The number of H-pyrrole nitrogens is 1. The van der Waals surface area contributed by atoms with Crippen LogP contribution in [0.2, 0.25) is 0 Å². The fourth-order valence-corrected chi connectivity index (χ4v) is 1.46. The molecule has 12 heavy (non-hydrogen) atoms. The van der Waals surface area contributed by atoms with E-state index < -0.39 is 0 Å². The van der Waals surface area contributed by atoms with Gasteiger partial charge in [-0.05, 0) is 0 Å². The van der Waals surface area contributed by atoms with E-state index in [1.165, 1.54) is 6.07 Å². The quantitative estimate of drug-likeness (QED) is 0.497. The van der Waals surface area contributed by atoms with Gasteiger partial charge in [-0.1, -0.05) is 0 Å². The molecule has 1 aromatic heterocycles. The number of aromatic nitrogens is 1. The van der Waals surface area contributed by atoms with E-state index in [1.54, 1.807) is 0 Å². The van der Waals surface area contributed by atoms with E-state index in [0.717, 1.165) is 24.2 Å². The molecular weight excluding hydrogens is 156 g/mol. The number of pyridine rings is 1. The van der Waals surface area contributed by atoms with Crippen LogP contribution in [0.4, 0.5) is 0 Å². The van der Waals surface area contributed by atoms with E-state index in [0.29, 0.717) is 6.54 Å². The first kappa shape index (κ1) is 7.36. The summed E-state index contributed by atoms with van der Waals surface area (Å²) in [5, 5.41) is 12.5. The van der Waals surface area contributed by atoms with Gasteiger partial charge in [0.05, 0.1) is 0 Å². The number of aromatic amines is 1. The Kier molecular flexibility index (Phi) is 1.62. The molecule has 0 unspecified atom stereocenters. The van der Waals surface area contributed by atoms with E-state index in [-0.39, 0.29) is 11.3 Å². The molecule has 0 radical (unpaired) electrons. The Morgan fingerprint density at radius 3 is 3.17 bits per heavy atom. The van der Waals surface area contributed by atoms with Crippen molar-refractivity contribution >= 4 is 0 Å². The van der Waals surface area contributed by atoms with Crippen molar-refractivity contribution in [1.29, 1.82) is 0 Å². The highest BCUT2D eigenvalue weighted by Gasteiger charge is 2.13. The average Bonchev–Trinajstić information content (AvgIpc) is 2.04. The lowest BCUT2D eigenvalue weighted by Gasteiger charge is -2.16. The molecule has 0 aromatic carbocycles. The third-order valence-corrected chi connectivity index (χ3v) is 2.07. The van der Waals surface area contributed by atoms with Crippen LogP contribution >= 0.6 is 0 Å². The zero-order valence-corrected chi connectivity index (χ0v) is 6.55. The molecule has 1 aromatic rings. The largest absolute Gasteiger partial charge is 0.507 e. The van der Waals surface area contributed by atoms with Gasteiger partial charge in [-0.25, -0.2) is 0 Å². The highest BCUT2D eigenvalue weighted by atomic mass is 16.3. The van der Waals surface area contributed by atoms with Crippen molar-refractivity contribution < 1.29 is 5.11 Å². The third kappa shape index (κ3) is 1.10. The molecule has 0 fully saturated rings. The number of hydrogen-bond donors (Lipinski definition) is 3. The summed E-state index contributed by atoms with van der Waals surface area (Å²) in [4.78, 5) is 13.6. The average molecular weight is 166 g/mol. The molecule has 0 saturated heterocycles. The molecule has 2 heterocycles. The SMILES string of the molecule is O=c1cc(O)c2c([nH]1)CCNC2. The van der Waals surface area contributed by atoms with Gasteiger partial charge in [-0.3, -0.25) is 4.79 Å². The predicted molar refractivity (Wildman–Crippen MR) is 44.1 cm³/mol. The van der Waals surface area contributed by atoms with Gasteiger partial charge in [0.1, 0.15) is 5.75 Å². The molecule has 0 amide bonds. The Hall–Kier alpha value is -1.29. The van der Waals surface area contributed by atoms with Crippen LogP contribution in [0.3, 0.4) is 0 Å². The third-order valence-electron chi connectivity index (χ3n) is 2.07. The molecule has 1 aliphatic rings. The Labute approximate surface area is 69.2 Å². The highest BCUT2D eigenvalue weighted by molar-refractivity contribution is 5.35. The van der Waals surface area contributed by atoms with Gasteiger partial charge in [0.25, 0.3) is 5.56 Å². The summed E-state index contributed by atoms with van der Waals surface area (Å²) in [6.45, 7) is 1.49. The van der Waals surface area contributed by atoms with Gasteiger partial charge in [0, 0.05) is 36.8 Å². The van der Waals surface area contributed by atoms with Crippen LogP contribution in [0.25, 0.3) is 0 Å². The molecule has 0 aliphatic carbocycles. The van der Waals surface area contributed by atoms with Crippen molar-refractivity contribution in [1.82, 2.24) is 10.3 Å². The fraction of sp³-hybridized carbons (Fsp3) is 0.375. The Bertz CT molecular complexity index is 357. The molecule has 0 atom stereocenters. The van der Waals surface area contributed by atoms with E-state index in [9.17, 15) is 9.90 Å². The maximum absolute atomic E-state index is 10.9. The molecule has 2 rings (SSSR count). The maximum Gasteiger partial charge on any atom is 0.251 e. The lowest BCUT2D eigenvalue weighted by Crippen LogP contribution is -2.26. The lowest BCUT2D eigenvalue weighted by molar-refractivity contribution is 0.455. The molecule has 0 spiro atoms. The summed E-state index contributed by atoms with van der Waals surface area (Å²) < 4.78 is 0. The number of nitrogens with one attached hydrogen (secondary N) is 2. The van der Waals surface area contributed by atoms with E-state index in [1.807, 2.05) is 0 Å². The van der Waals surface area contributed by atoms with Crippen LogP contribution in [0, 0.1) is 0 Å².